The van der Waals surface area contributed by atoms with E-state index in [1.165, 1.54) is 12.8 Å². The van der Waals surface area contributed by atoms with E-state index in [1.807, 2.05) is 6.56 Å². The van der Waals surface area contributed by atoms with Crippen LogP contribution in [0.3, 0.4) is 0 Å². The fraction of sp³-hybridized carbons (Fsp3) is 0.429. The van der Waals surface area contributed by atoms with Gasteiger partial charge in [-0.3, -0.25) is 0 Å². The van der Waals surface area contributed by atoms with Gasteiger partial charge in [0.2, 0.25) is 0 Å². The minimum Gasteiger partial charge on any atom is -1.00 e. The Hall–Kier alpha value is 0.640. The Morgan fingerprint density at radius 1 is 0.889 bits per heavy atom. The van der Waals surface area contributed by atoms with E-state index < -0.39 is 17.4 Å². The first-order valence-corrected chi connectivity index (χ1v) is 18.5. The maximum absolute atomic E-state index is 2.60. The van der Waals surface area contributed by atoms with Gasteiger partial charge in [0, 0.05) is 0 Å². The quantitative estimate of drug-likeness (QED) is 0.512. The molecule has 0 radical (unpaired) electrons. The molecule has 0 N–H and O–H groups in total. The third-order valence-electron chi connectivity index (χ3n) is 5.30. The Bertz CT molecular complexity index is 502. The summed E-state index contributed by atoms with van der Waals surface area (Å²) in [5.41, 5.74) is -0.132. The molecule has 0 nitrogen and oxygen atoms in total. The number of allylic oxidation sites excluding steroid dienone is 8. The van der Waals surface area contributed by atoms with Crippen LogP contribution in [0.2, 0.25) is 21.4 Å². The summed E-state index contributed by atoms with van der Waals surface area (Å²) in [7, 11) is 0. The summed E-state index contributed by atoms with van der Waals surface area (Å²) in [5, 5.41) is 0. The predicted molar refractivity (Wildman–Crippen MR) is 70.8 cm³/mol. The SMILES string of the molecule is C[Si](C)=[Zr+2]1([C]2=CC=CC2)([C]2=CC=CC2)[CH2][CH2]1.[Cl-].[Cl-]. The maximum Gasteiger partial charge on any atom is -1.00 e. The fourth-order valence-corrected chi connectivity index (χ4v) is 45.7. The zero-order chi connectivity index (χ0) is 11.3. The molecule has 1 saturated heterocycles. The summed E-state index contributed by atoms with van der Waals surface area (Å²) < 4.78 is 7.08. The van der Waals surface area contributed by atoms with Crippen LogP contribution in [0, 0.1) is 0 Å². The van der Waals surface area contributed by atoms with Crippen molar-refractivity contribution in [3.63, 3.8) is 0 Å². The molecule has 0 atom stereocenters. The average molecular weight is 379 g/mol. The van der Waals surface area contributed by atoms with E-state index in [1.54, 1.807) is 8.26 Å². The van der Waals surface area contributed by atoms with Crippen LogP contribution in [-0.4, -0.2) is 5.43 Å². The van der Waals surface area contributed by atoms with E-state index in [0.717, 1.165) is 0 Å². The van der Waals surface area contributed by atoms with E-state index in [-0.39, 0.29) is 30.2 Å². The molecular weight excluding hydrogens is 358 g/mol. The molecule has 1 fully saturated rings. The molecule has 0 aromatic rings. The molecule has 0 aromatic carbocycles. The van der Waals surface area contributed by atoms with Crippen LogP contribution < -0.4 is 24.8 Å². The molecule has 1 heterocycles. The van der Waals surface area contributed by atoms with Gasteiger partial charge in [0.1, 0.15) is 0 Å². The zero-order valence-electron chi connectivity index (χ0n) is 11.0. The van der Waals surface area contributed by atoms with E-state index >= 15 is 0 Å². The van der Waals surface area contributed by atoms with Crippen molar-refractivity contribution in [2.45, 2.75) is 34.2 Å². The van der Waals surface area contributed by atoms with Crippen molar-refractivity contribution in [1.29, 1.82) is 0 Å². The Morgan fingerprint density at radius 2 is 1.33 bits per heavy atom. The second kappa shape index (κ2) is 5.56. The van der Waals surface area contributed by atoms with Gasteiger partial charge in [-0.1, -0.05) is 0 Å². The molecule has 0 amide bonds. The zero-order valence-corrected chi connectivity index (χ0v) is 16.0. The Balaban J connectivity index is 0.000000810. The monoisotopic (exact) mass is 376 g/mol. The Morgan fingerprint density at radius 3 is 1.56 bits per heavy atom. The van der Waals surface area contributed by atoms with Gasteiger partial charge in [-0.25, -0.2) is 0 Å². The van der Waals surface area contributed by atoms with Crippen molar-refractivity contribution in [2.24, 2.45) is 0 Å². The summed E-state index contributed by atoms with van der Waals surface area (Å²) >= 11 is -2.50. The van der Waals surface area contributed by atoms with Crippen LogP contribution in [0.4, 0.5) is 0 Å². The maximum atomic E-state index is 2.60. The third-order valence-corrected chi connectivity index (χ3v) is 46.6. The number of rotatable bonds is 2. The van der Waals surface area contributed by atoms with Gasteiger partial charge in [0.25, 0.3) is 0 Å². The van der Waals surface area contributed by atoms with Gasteiger partial charge in [-0.2, -0.15) is 0 Å². The normalized spacial score (nSPS) is 21.6. The van der Waals surface area contributed by atoms with Crippen molar-refractivity contribution in [3.8, 4) is 0 Å². The van der Waals surface area contributed by atoms with Crippen molar-refractivity contribution >= 4 is 5.43 Å². The second-order valence-corrected chi connectivity index (χ2v) is 36.3. The summed E-state index contributed by atoms with van der Waals surface area (Å²) in [6.07, 6.45) is 16.9. The first-order valence-electron chi connectivity index (χ1n) is 6.39. The van der Waals surface area contributed by atoms with Crippen molar-refractivity contribution in [1.82, 2.24) is 0 Å². The average Bonchev–Trinajstić information content (AvgIpc) is 2.79. The molecule has 3 rings (SSSR count). The van der Waals surface area contributed by atoms with Crippen LogP contribution in [0.1, 0.15) is 12.8 Å². The molecule has 1 aliphatic heterocycles. The Labute approximate surface area is 124 Å². The fourth-order valence-electron chi connectivity index (χ4n) is 3.97. The van der Waals surface area contributed by atoms with Gasteiger partial charge < -0.3 is 24.8 Å². The molecule has 18 heavy (non-hydrogen) atoms. The van der Waals surface area contributed by atoms with Gasteiger partial charge in [-0.05, 0) is 0 Å². The molecule has 0 saturated carbocycles. The van der Waals surface area contributed by atoms with E-state index in [2.05, 4.69) is 49.6 Å². The van der Waals surface area contributed by atoms with Gasteiger partial charge in [0.05, 0.1) is 0 Å². The standard InChI is InChI=1S/2C5H5.C2H6Si.C2H4.2ClH.Zr/c2*1-2-4-5-3-1;1-3-2;1-2;;;/h2*1-3H,4H2;1-2H3;1-2H2;2*1H;/q;;;;;;+2/p-2. The summed E-state index contributed by atoms with van der Waals surface area (Å²) in [4.78, 5) is 0. The topological polar surface area (TPSA) is 0 Å². The van der Waals surface area contributed by atoms with Gasteiger partial charge in [0.15, 0.2) is 0 Å². The Kier molecular flexibility index (Phi) is 5.16. The van der Waals surface area contributed by atoms with Crippen molar-refractivity contribution in [3.05, 3.63) is 43.0 Å². The van der Waals surface area contributed by atoms with Gasteiger partial charge in [-0.15, -0.1) is 0 Å². The summed E-state index contributed by atoms with van der Waals surface area (Å²) in [5.74, 6) is 0. The van der Waals surface area contributed by atoms with E-state index in [4.69, 9.17) is 0 Å². The smallest absolute Gasteiger partial charge is 1.00 e. The van der Waals surface area contributed by atoms with Crippen LogP contribution in [0.25, 0.3) is 0 Å². The minimum atomic E-state index is -2.50. The molecule has 0 bridgehead atoms. The molecule has 0 aromatic heterocycles. The molecular formula is C14H20Cl2SiZr. The molecule has 4 heteroatoms. The van der Waals surface area contributed by atoms with E-state index in [0.29, 0.717) is 0 Å². The summed E-state index contributed by atoms with van der Waals surface area (Å²) in [6, 6.07) is 0. The number of hydrogen-bond donors (Lipinski definition) is 0. The molecule has 98 valence electrons. The van der Waals surface area contributed by atoms with E-state index in [9.17, 15) is 0 Å². The number of halogens is 2. The third kappa shape index (κ3) is 1.95. The van der Waals surface area contributed by atoms with Crippen LogP contribution in [-0.2, 0) is 17.4 Å². The van der Waals surface area contributed by atoms with Crippen LogP contribution in [0.5, 0.6) is 0 Å². The molecule has 0 unspecified atom stereocenters. The van der Waals surface area contributed by atoms with Crippen LogP contribution in [0.15, 0.2) is 43.0 Å². The van der Waals surface area contributed by atoms with Crippen LogP contribution >= 0.6 is 0 Å². The first kappa shape index (κ1) is 16.7. The van der Waals surface area contributed by atoms with Crippen molar-refractivity contribution < 1.29 is 42.2 Å². The van der Waals surface area contributed by atoms with Gasteiger partial charge >= 0.3 is 100 Å². The predicted octanol–water partition coefficient (Wildman–Crippen LogP) is -1.53. The first-order chi connectivity index (χ1) is 7.69. The summed E-state index contributed by atoms with van der Waals surface area (Å²) in [6.45, 7) is 5.20. The molecule has 3 aliphatic rings. The second-order valence-electron chi connectivity index (χ2n) is 5.83. The molecule has 2 aliphatic carbocycles. The molecule has 0 spiro atoms. The van der Waals surface area contributed by atoms with Crippen molar-refractivity contribution in [2.75, 3.05) is 0 Å². The number of hydrogen-bond acceptors (Lipinski definition) is 0. The largest absolute Gasteiger partial charge is 1.00 e. The minimum absolute atomic E-state index is 0.